The van der Waals surface area contributed by atoms with Crippen LogP contribution in [-0.2, 0) is 16.6 Å². The minimum atomic E-state index is -3.54. The van der Waals surface area contributed by atoms with Crippen LogP contribution in [0, 0.1) is 6.92 Å². The number of aromatic nitrogens is 2. The van der Waals surface area contributed by atoms with Gasteiger partial charge in [-0.3, -0.25) is 0 Å². The molecule has 0 atom stereocenters. The third-order valence-electron chi connectivity index (χ3n) is 4.64. The second kappa shape index (κ2) is 8.82. The van der Waals surface area contributed by atoms with Crippen LogP contribution in [0.2, 0.25) is 10.0 Å². The standard InChI is InChI=1S/C20H23Cl2N3O2S/c1-3-4-5-10-23-28(26,27)17-8-9-20-19(12-17)24-14(2)25(20)13-15-6-7-16(21)11-18(15)22/h6-9,11-12,23H,3-5,10,13H2,1-2H3. The van der Waals surface area contributed by atoms with Crippen LogP contribution in [0.4, 0.5) is 0 Å². The van der Waals surface area contributed by atoms with E-state index >= 15 is 0 Å². The highest BCUT2D eigenvalue weighted by Gasteiger charge is 2.17. The topological polar surface area (TPSA) is 64.0 Å². The molecular formula is C20H23Cl2N3O2S. The molecule has 1 heterocycles. The number of fused-ring (bicyclic) bond motifs is 1. The first-order valence-corrected chi connectivity index (χ1v) is 11.5. The van der Waals surface area contributed by atoms with Gasteiger partial charge in [0.05, 0.1) is 22.5 Å². The molecule has 0 radical (unpaired) electrons. The third-order valence-corrected chi connectivity index (χ3v) is 6.68. The van der Waals surface area contributed by atoms with Crippen LogP contribution >= 0.6 is 23.2 Å². The van der Waals surface area contributed by atoms with E-state index in [9.17, 15) is 8.42 Å². The van der Waals surface area contributed by atoms with E-state index in [-0.39, 0.29) is 4.90 Å². The fourth-order valence-electron chi connectivity index (χ4n) is 3.08. The summed E-state index contributed by atoms with van der Waals surface area (Å²) in [7, 11) is -3.54. The van der Waals surface area contributed by atoms with E-state index < -0.39 is 10.0 Å². The van der Waals surface area contributed by atoms with E-state index in [1.54, 1.807) is 30.3 Å². The van der Waals surface area contributed by atoms with Gasteiger partial charge in [0.1, 0.15) is 5.82 Å². The van der Waals surface area contributed by atoms with Crippen LogP contribution in [0.5, 0.6) is 0 Å². The minimum absolute atomic E-state index is 0.227. The molecule has 0 bridgehead atoms. The van der Waals surface area contributed by atoms with E-state index in [1.165, 1.54) is 0 Å². The van der Waals surface area contributed by atoms with E-state index in [1.807, 2.05) is 17.6 Å². The molecule has 1 aromatic heterocycles. The summed E-state index contributed by atoms with van der Waals surface area (Å²) in [5, 5.41) is 1.17. The summed E-state index contributed by atoms with van der Waals surface area (Å²) in [6.07, 6.45) is 2.87. The number of hydrogen-bond donors (Lipinski definition) is 1. The van der Waals surface area contributed by atoms with Crippen molar-refractivity contribution in [3.63, 3.8) is 0 Å². The van der Waals surface area contributed by atoms with Crippen molar-refractivity contribution in [2.45, 2.75) is 44.6 Å². The summed E-state index contributed by atoms with van der Waals surface area (Å²) >= 11 is 12.3. The zero-order valence-electron chi connectivity index (χ0n) is 15.9. The van der Waals surface area contributed by atoms with Gasteiger partial charge in [0.15, 0.2) is 0 Å². The number of aryl methyl sites for hydroxylation is 1. The maximum absolute atomic E-state index is 12.5. The smallest absolute Gasteiger partial charge is 0.240 e. The molecule has 5 nitrogen and oxygen atoms in total. The Morgan fingerprint density at radius 1 is 1.11 bits per heavy atom. The highest BCUT2D eigenvalue weighted by molar-refractivity contribution is 7.89. The van der Waals surface area contributed by atoms with Crippen LogP contribution < -0.4 is 4.72 Å². The average Bonchev–Trinajstić information content (AvgIpc) is 2.95. The first-order valence-electron chi connectivity index (χ1n) is 9.22. The second-order valence-electron chi connectivity index (χ2n) is 6.74. The van der Waals surface area contributed by atoms with Gasteiger partial charge in [0.2, 0.25) is 10.0 Å². The van der Waals surface area contributed by atoms with Gasteiger partial charge < -0.3 is 4.57 Å². The molecule has 0 unspecified atom stereocenters. The zero-order chi connectivity index (χ0) is 20.3. The van der Waals surface area contributed by atoms with Gasteiger partial charge in [0, 0.05) is 16.6 Å². The molecule has 2 aromatic carbocycles. The Balaban J connectivity index is 1.88. The van der Waals surface area contributed by atoms with Crippen LogP contribution in [0.3, 0.4) is 0 Å². The summed E-state index contributed by atoms with van der Waals surface area (Å²) in [5.74, 6) is 0.784. The summed E-state index contributed by atoms with van der Waals surface area (Å²) in [5.41, 5.74) is 2.41. The fraction of sp³-hybridized carbons (Fsp3) is 0.350. The van der Waals surface area contributed by atoms with Crippen molar-refractivity contribution in [2.24, 2.45) is 0 Å². The van der Waals surface area contributed by atoms with Crippen molar-refractivity contribution >= 4 is 44.3 Å². The molecule has 0 saturated heterocycles. The highest BCUT2D eigenvalue weighted by Crippen LogP contribution is 2.25. The normalized spacial score (nSPS) is 12.0. The zero-order valence-corrected chi connectivity index (χ0v) is 18.2. The lowest BCUT2D eigenvalue weighted by Crippen LogP contribution is -2.24. The molecule has 0 fully saturated rings. The quantitative estimate of drug-likeness (QED) is 0.492. The number of nitrogens with one attached hydrogen (secondary N) is 1. The first-order chi connectivity index (χ1) is 13.3. The van der Waals surface area contributed by atoms with Crippen molar-refractivity contribution in [1.29, 1.82) is 0 Å². The molecule has 0 aliphatic carbocycles. The van der Waals surface area contributed by atoms with Crippen LogP contribution in [0.15, 0.2) is 41.3 Å². The van der Waals surface area contributed by atoms with Gasteiger partial charge in [-0.15, -0.1) is 0 Å². The SMILES string of the molecule is CCCCCNS(=O)(=O)c1ccc2c(c1)nc(C)n2Cc1ccc(Cl)cc1Cl. The lowest BCUT2D eigenvalue weighted by Gasteiger charge is -2.10. The lowest BCUT2D eigenvalue weighted by atomic mass is 10.2. The lowest BCUT2D eigenvalue weighted by molar-refractivity contribution is 0.576. The first kappa shape index (κ1) is 21.1. The molecule has 3 aromatic rings. The van der Waals surface area contributed by atoms with Gasteiger partial charge in [-0.1, -0.05) is 49.0 Å². The van der Waals surface area contributed by atoms with E-state index in [0.29, 0.717) is 28.7 Å². The Kier molecular flexibility index (Phi) is 6.65. The Morgan fingerprint density at radius 2 is 1.89 bits per heavy atom. The monoisotopic (exact) mass is 439 g/mol. The van der Waals surface area contributed by atoms with Crippen LogP contribution in [0.25, 0.3) is 11.0 Å². The fourth-order valence-corrected chi connectivity index (χ4v) is 4.64. The molecule has 1 N–H and O–H groups in total. The molecular weight excluding hydrogens is 417 g/mol. The van der Waals surface area contributed by atoms with Crippen molar-refractivity contribution in [2.75, 3.05) is 6.54 Å². The Labute approximate surface area is 175 Å². The molecule has 3 rings (SSSR count). The average molecular weight is 440 g/mol. The number of sulfonamides is 1. The molecule has 0 saturated carbocycles. The summed E-state index contributed by atoms with van der Waals surface area (Å²) in [4.78, 5) is 4.77. The number of unbranched alkanes of at least 4 members (excludes halogenated alkanes) is 2. The van der Waals surface area contributed by atoms with Crippen molar-refractivity contribution in [3.8, 4) is 0 Å². The van der Waals surface area contributed by atoms with Crippen LogP contribution in [-0.4, -0.2) is 24.5 Å². The Hall–Kier alpha value is -1.60. The van der Waals surface area contributed by atoms with Crippen molar-refractivity contribution in [1.82, 2.24) is 14.3 Å². The van der Waals surface area contributed by atoms with Gasteiger partial charge >= 0.3 is 0 Å². The number of hydrogen-bond acceptors (Lipinski definition) is 3. The molecule has 0 amide bonds. The maximum Gasteiger partial charge on any atom is 0.240 e. The van der Waals surface area contributed by atoms with E-state index in [2.05, 4.69) is 16.6 Å². The summed E-state index contributed by atoms with van der Waals surface area (Å²) in [6.45, 7) is 4.94. The molecule has 0 spiro atoms. The number of rotatable bonds is 8. The van der Waals surface area contributed by atoms with Gasteiger partial charge in [0.25, 0.3) is 0 Å². The third kappa shape index (κ3) is 4.69. The minimum Gasteiger partial charge on any atom is -0.324 e. The van der Waals surface area contributed by atoms with Crippen molar-refractivity contribution in [3.05, 3.63) is 57.8 Å². The van der Waals surface area contributed by atoms with E-state index in [4.69, 9.17) is 23.2 Å². The Morgan fingerprint density at radius 3 is 2.61 bits per heavy atom. The summed E-state index contributed by atoms with van der Waals surface area (Å²) in [6, 6.07) is 10.4. The van der Waals surface area contributed by atoms with Gasteiger partial charge in [-0.2, -0.15) is 0 Å². The molecule has 0 aliphatic heterocycles. The maximum atomic E-state index is 12.5. The predicted octanol–water partition coefficient (Wildman–Crippen LogP) is 5.17. The summed E-state index contributed by atoms with van der Waals surface area (Å²) < 4.78 is 29.7. The second-order valence-corrected chi connectivity index (χ2v) is 9.35. The van der Waals surface area contributed by atoms with Crippen molar-refractivity contribution < 1.29 is 8.42 Å². The molecule has 8 heteroatoms. The number of nitrogens with zero attached hydrogens (tertiary/aromatic N) is 2. The number of benzene rings is 2. The molecule has 150 valence electrons. The molecule has 0 aliphatic rings. The van der Waals surface area contributed by atoms with Gasteiger partial charge in [-0.25, -0.2) is 18.1 Å². The highest BCUT2D eigenvalue weighted by atomic mass is 35.5. The van der Waals surface area contributed by atoms with Gasteiger partial charge in [-0.05, 0) is 49.2 Å². The molecule has 28 heavy (non-hydrogen) atoms. The van der Waals surface area contributed by atoms with E-state index in [0.717, 1.165) is 36.2 Å². The Bertz CT molecular complexity index is 1090. The number of halogens is 2. The van der Waals surface area contributed by atoms with Crippen LogP contribution in [0.1, 0.15) is 37.6 Å². The predicted molar refractivity (Wildman–Crippen MR) is 115 cm³/mol. The largest absolute Gasteiger partial charge is 0.324 e. The number of imidazole rings is 1.